The van der Waals surface area contributed by atoms with E-state index in [4.69, 9.17) is 4.74 Å². The number of halogens is 1. The van der Waals surface area contributed by atoms with Crippen molar-refractivity contribution >= 4 is 0 Å². The number of ether oxygens (including phenoxy) is 1. The summed E-state index contributed by atoms with van der Waals surface area (Å²) in [6, 6.07) is 0. The van der Waals surface area contributed by atoms with Gasteiger partial charge in [0.05, 0.1) is 12.8 Å². The quantitative estimate of drug-likeness (QED) is 0.655. The molecule has 0 saturated heterocycles. The number of pyridine rings is 1. The van der Waals surface area contributed by atoms with E-state index in [0.717, 1.165) is 37.7 Å². The van der Waals surface area contributed by atoms with Crippen LogP contribution in [0, 0.1) is 5.82 Å². The number of hydrogen-bond acceptors (Lipinski definition) is 2. The molecule has 1 aromatic heterocycles. The second-order valence-corrected chi connectivity index (χ2v) is 3.92. The Hall–Kier alpha value is -1.12. The van der Waals surface area contributed by atoms with Crippen LogP contribution in [0.15, 0.2) is 12.4 Å². The number of rotatable bonds is 7. The van der Waals surface area contributed by atoms with Crippen molar-refractivity contribution in [2.24, 2.45) is 0 Å². The van der Waals surface area contributed by atoms with E-state index in [-0.39, 0.29) is 5.82 Å². The van der Waals surface area contributed by atoms with Gasteiger partial charge in [-0.2, -0.15) is 0 Å². The van der Waals surface area contributed by atoms with Crippen molar-refractivity contribution in [2.75, 3.05) is 6.61 Å². The Morgan fingerprint density at radius 1 is 1.11 bits per heavy atom. The zero-order valence-corrected chi connectivity index (χ0v) is 12.1. The second-order valence-electron chi connectivity index (χ2n) is 3.92. The standard InChI is InChI=1S/C13H20FNO.C2H6/c1-3-5-6-7-11-9-15-10-12(14)13(11)16-8-4-2;1-2/h9-10H,3-8H2,1-2H3;1-2H3. The Morgan fingerprint density at radius 3 is 2.44 bits per heavy atom. The lowest BCUT2D eigenvalue weighted by atomic mass is 10.1. The number of hydrogen-bond donors (Lipinski definition) is 0. The van der Waals surface area contributed by atoms with Crippen LogP contribution in [0.25, 0.3) is 0 Å². The van der Waals surface area contributed by atoms with Crippen molar-refractivity contribution in [3.05, 3.63) is 23.8 Å². The topological polar surface area (TPSA) is 22.1 Å². The maximum Gasteiger partial charge on any atom is 0.183 e. The summed E-state index contributed by atoms with van der Waals surface area (Å²) in [5.41, 5.74) is 0.891. The molecule has 104 valence electrons. The van der Waals surface area contributed by atoms with E-state index in [1.807, 2.05) is 20.8 Å². The number of unbranched alkanes of at least 4 members (excludes halogenated alkanes) is 2. The van der Waals surface area contributed by atoms with Gasteiger partial charge in [-0.25, -0.2) is 4.39 Å². The van der Waals surface area contributed by atoms with Gasteiger partial charge in [0.25, 0.3) is 0 Å². The van der Waals surface area contributed by atoms with Gasteiger partial charge < -0.3 is 4.74 Å². The molecule has 1 aromatic rings. The van der Waals surface area contributed by atoms with Gasteiger partial charge in [0, 0.05) is 11.8 Å². The fourth-order valence-electron chi connectivity index (χ4n) is 1.57. The lowest BCUT2D eigenvalue weighted by Gasteiger charge is -2.10. The van der Waals surface area contributed by atoms with E-state index in [2.05, 4.69) is 11.9 Å². The summed E-state index contributed by atoms with van der Waals surface area (Å²) in [6.45, 7) is 8.72. The summed E-state index contributed by atoms with van der Waals surface area (Å²) in [4.78, 5) is 3.88. The second kappa shape index (κ2) is 11.0. The highest BCUT2D eigenvalue weighted by Gasteiger charge is 2.09. The predicted octanol–water partition coefficient (Wildman–Crippen LogP) is 4.77. The predicted molar refractivity (Wildman–Crippen MR) is 74.6 cm³/mol. The molecule has 0 radical (unpaired) electrons. The van der Waals surface area contributed by atoms with Crippen molar-refractivity contribution in [3.8, 4) is 5.75 Å². The third-order valence-electron chi connectivity index (χ3n) is 2.43. The number of aromatic nitrogens is 1. The molecular weight excluding hydrogens is 229 g/mol. The lowest BCUT2D eigenvalue weighted by molar-refractivity contribution is 0.296. The van der Waals surface area contributed by atoms with Crippen molar-refractivity contribution in [3.63, 3.8) is 0 Å². The van der Waals surface area contributed by atoms with Gasteiger partial charge in [-0.1, -0.05) is 40.5 Å². The molecule has 0 unspecified atom stereocenters. The molecule has 2 nitrogen and oxygen atoms in total. The summed E-state index contributed by atoms with van der Waals surface area (Å²) < 4.78 is 18.9. The van der Waals surface area contributed by atoms with Crippen molar-refractivity contribution in [2.45, 2.75) is 59.8 Å². The molecule has 1 heterocycles. The zero-order chi connectivity index (χ0) is 13.8. The van der Waals surface area contributed by atoms with Crippen LogP contribution in [0.4, 0.5) is 4.39 Å². The number of nitrogens with zero attached hydrogens (tertiary/aromatic N) is 1. The van der Waals surface area contributed by atoms with Crippen molar-refractivity contribution in [1.82, 2.24) is 4.98 Å². The zero-order valence-electron chi connectivity index (χ0n) is 12.1. The van der Waals surface area contributed by atoms with E-state index in [9.17, 15) is 4.39 Å². The summed E-state index contributed by atoms with van der Waals surface area (Å²) in [7, 11) is 0. The molecule has 0 bridgehead atoms. The Bertz CT molecular complexity index is 315. The molecule has 1 rings (SSSR count). The Balaban J connectivity index is 0.00000137. The fraction of sp³-hybridized carbons (Fsp3) is 0.667. The third-order valence-corrected chi connectivity index (χ3v) is 2.43. The molecule has 0 amide bonds. The molecule has 0 saturated carbocycles. The summed E-state index contributed by atoms with van der Waals surface area (Å²) >= 11 is 0. The minimum atomic E-state index is -0.345. The largest absolute Gasteiger partial charge is 0.490 e. The van der Waals surface area contributed by atoms with E-state index >= 15 is 0 Å². The molecule has 0 aliphatic rings. The smallest absolute Gasteiger partial charge is 0.183 e. The molecule has 0 aliphatic heterocycles. The molecular formula is C15H26FNO. The van der Waals surface area contributed by atoms with Crippen molar-refractivity contribution < 1.29 is 9.13 Å². The monoisotopic (exact) mass is 255 g/mol. The van der Waals surface area contributed by atoms with Crippen molar-refractivity contribution in [1.29, 1.82) is 0 Å². The van der Waals surface area contributed by atoms with E-state index in [1.54, 1.807) is 6.20 Å². The molecule has 3 heteroatoms. The van der Waals surface area contributed by atoms with Gasteiger partial charge in [0.15, 0.2) is 11.6 Å². The highest BCUT2D eigenvalue weighted by molar-refractivity contribution is 5.31. The average molecular weight is 255 g/mol. The van der Waals surface area contributed by atoms with E-state index in [0.29, 0.717) is 12.4 Å². The van der Waals surface area contributed by atoms with Crippen LogP contribution >= 0.6 is 0 Å². The SMILES string of the molecule is CC.CCCCCc1cncc(F)c1OCCC. The van der Waals surface area contributed by atoms with Gasteiger partial charge >= 0.3 is 0 Å². The minimum Gasteiger partial charge on any atom is -0.490 e. The molecule has 0 aromatic carbocycles. The molecule has 0 fully saturated rings. The van der Waals surface area contributed by atoms with E-state index in [1.165, 1.54) is 6.20 Å². The van der Waals surface area contributed by atoms with Crippen LogP contribution in [-0.2, 0) is 6.42 Å². The van der Waals surface area contributed by atoms with Crippen LogP contribution in [0.3, 0.4) is 0 Å². The van der Waals surface area contributed by atoms with Crippen LogP contribution in [0.2, 0.25) is 0 Å². The third kappa shape index (κ3) is 5.99. The van der Waals surface area contributed by atoms with Crippen LogP contribution < -0.4 is 4.74 Å². The van der Waals surface area contributed by atoms with Crippen LogP contribution in [0.5, 0.6) is 5.75 Å². The molecule has 0 atom stereocenters. The highest BCUT2D eigenvalue weighted by atomic mass is 19.1. The Kier molecular flexibility index (Phi) is 10.3. The summed E-state index contributed by atoms with van der Waals surface area (Å²) in [5, 5.41) is 0. The number of aryl methyl sites for hydroxylation is 1. The normalized spacial score (nSPS) is 9.61. The first-order valence-electron chi connectivity index (χ1n) is 7.04. The van der Waals surface area contributed by atoms with Crippen LogP contribution in [-0.4, -0.2) is 11.6 Å². The fourth-order valence-corrected chi connectivity index (χ4v) is 1.57. The van der Waals surface area contributed by atoms with Gasteiger partial charge in [-0.15, -0.1) is 0 Å². The highest BCUT2D eigenvalue weighted by Crippen LogP contribution is 2.23. The summed E-state index contributed by atoms with van der Waals surface area (Å²) in [5.74, 6) is 0.0513. The summed E-state index contributed by atoms with van der Waals surface area (Å²) in [6.07, 6.45) is 8.04. The molecule has 18 heavy (non-hydrogen) atoms. The Morgan fingerprint density at radius 2 is 1.83 bits per heavy atom. The first-order chi connectivity index (χ1) is 8.79. The minimum absolute atomic E-state index is 0.345. The van der Waals surface area contributed by atoms with Gasteiger partial charge in [0.2, 0.25) is 0 Å². The maximum absolute atomic E-state index is 13.5. The maximum atomic E-state index is 13.5. The van der Waals surface area contributed by atoms with Crippen LogP contribution in [0.1, 0.15) is 58.9 Å². The molecule has 0 spiro atoms. The van der Waals surface area contributed by atoms with E-state index < -0.39 is 0 Å². The molecule has 0 N–H and O–H groups in total. The average Bonchev–Trinajstić information content (AvgIpc) is 2.41. The first-order valence-corrected chi connectivity index (χ1v) is 7.04. The van der Waals surface area contributed by atoms with Gasteiger partial charge in [-0.3, -0.25) is 4.98 Å². The molecule has 0 aliphatic carbocycles. The van der Waals surface area contributed by atoms with Gasteiger partial charge in [-0.05, 0) is 19.3 Å². The first kappa shape index (κ1) is 16.9. The lowest BCUT2D eigenvalue weighted by Crippen LogP contribution is -2.02. The van der Waals surface area contributed by atoms with Gasteiger partial charge in [0.1, 0.15) is 0 Å². The Labute approximate surface area is 111 Å².